The van der Waals surface area contributed by atoms with Crippen LogP contribution in [-0.2, 0) is 6.61 Å². The van der Waals surface area contributed by atoms with Crippen LogP contribution >= 0.6 is 34.8 Å². The van der Waals surface area contributed by atoms with Gasteiger partial charge in [-0.05, 0) is 60.0 Å². The molecule has 0 saturated carbocycles. The molecule has 0 aliphatic rings. The van der Waals surface area contributed by atoms with Gasteiger partial charge in [-0.1, -0.05) is 53.0 Å². The number of aryl methyl sites for hydroxylation is 1. The first kappa shape index (κ1) is 21.2. The van der Waals surface area contributed by atoms with E-state index >= 15 is 0 Å². The number of hydrogen-bond donors (Lipinski definition) is 1. The van der Waals surface area contributed by atoms with Crippen molar-refractivity contribution in [2.75, 3.05) is 0 Å². The first-order valence-electron chi connectivity index (χ1n) is 8.58. The van der Waals surface area contributed by atoms with Gasteiger partial charge in [-0.2, -0.15) is 0 Å². The van der Waals surface area contributed by atoms with E-state index in [4.69, 9.17) is 44.6 Å². The zero-order chi connectivity index (χ0) is 21.0. The second kappa shape index (κ2) is 9.31. The fourth-order valence-corrected chi connectivity index (χ4v) is 3.29. The average Bonchev–Trinajstić information content (AvgIpc) is 2.68. The molecule has 148 valence electrons. The van der Waals surface area contributed by atoms with E-state index in [0.29, 0.717) is 20.8 Å². The Kier molecular flexibility index (Phi) is 6.80. The molecule has 7 heteroatoms. The lowest BCUT2D eigenvalue weighted by molar-refractivity contribution is 0.0697. The van der Waals surface area contributed by atoms with E-state index in [1.54, 1.807) is 36.5 Å². The van der Waals surface area contributed by atoms with Crippen LogP contribution in [0.1, 0.15) is 27.0 Å². The zero-order valence-corrected chi connectivity index (χ0v) is 17.6. The molecule has 0 atom stereocenters. The van der Waals surface area contributed by atoms with Crippen molar-refractivity contribution in [3.63, 3.8) is 0 Å². The largest absolute Gasteiger partial charge is 0.486 e. The molecule has 0 aromatic heterocycles. The summed E-state index contributed by atoms with van der Waals surface area (Å²) < 4.78 is 5.73. The summed E-state index contributed by atoms with van der Waals surface area (Å²) in [5.74, 6) is -0.625. The number of aromatic carboxylic acids is 1. The van der Waals surface area contributed by atoms with Crippen molar-refractivity contribution >= 4 is 52.7 Å². The van der Waals surface area contributed by atoms with Crippen molar-refractivity contribution in [3.8, 4) is 5.75 Å². The van der Waals surface area contributed by atoms with Crippen LogP contribution in [0.5, 0.6) is 5.75 Å². The third-order valence-corrected chi connectivity index (χ3v) is 5.09. The highest BCUT2D eigenvalue weighted by Crippen LogP contribution is 2.34. The van der Waals surface area contributed by atoms with Crippen LogP contribution < -0.4 is 4.74 Å². The molecule has 0 radical (unpaired) electrons. The maximum absolute atomic E-state index is 10.9. The van der Waals surface area contributed by atoms with Gasteiger partial charge in [0, 0.05) is 11.2 Å². The lowest BCUT2D eigenvalue weighted by atomic mass is 10.1. The van der Waals surface area contributed by atoms with Gasteiger partial charge >= 0.3 is 5.97 Å². The van der Waals surface area contributed by atoms with Crippen LogP contribution in [0.3, 0.4) is 0 Å². The van der Waals surface area contributed by atoms with Gasteiger partial charge in [0.15, 0.2) is 5.75 Å². The Morgan fingerprint density at radius 3 is 2.24 bits per heavy atom. The van der Waals surface area contributed by atoms with Crippen LogP contribution in [0.25, 0.3) is 0 Å². The molecule has 0 amide bonds. The molecule has 3 rings (SSSR count). The zero-order valence-electron chi connectivity index (χ0n) is 15.3. The van der Waals surface area contributed by atoms with Crippen LogP contribution in [-0.4, -0.2) is 17.3 Å². The van der Waals surface area contributed by atoms with E-state index in [-0.39, 0.29) is 12.2 Å². The fraction of sp³-hybridized carbons (Fsp3) is 0.0909. The van der Waals surface area contributed by atoms with Crippen molar-refractivity contribution < 1.29 is 14.6 Å². The summed E-state index contributed by atoms with van der Waals surface area (Å²) >= 11 is 18.8. The van der Waals surface area contributed by atoms with Crippen molar-refractivity contribution in [3.05, 3.63) is 91.9 Å². The molecule has 0 fully saturated rings. The summed E-state index contributed by atoms with van der Waals surface area (Å²) in [4.78, 5) is 15.3. The first-order valence-corrected chi connectivity index (χ1v) is 9.71. The number of carboxylic acids is 1. The molecule has 3 aromatic rings. The lowest BCUT2D eigenvalue weighted by Crippen LogP contribution is -2.00. The maximum atomic E-state index is 10.9. The first-order chi connectivity index (χ1) is 13.8. The van der Waals surface area contributed by atoms with Crippen LogP contribution in [0.15, 0.2) is 59.6 Å². The molecular weight excluding hydrogens is 433 g/mol. The van der Waals surface area contributed by atoms with E-state index in [1.165, 1.54) is 12.1 Å². The van der Waals surface area contributed by atoms with Gasteiger partial charge in [-0.3, -0.25) is 4.99 Å². The predicted octanol–water partition coefficient (Wildman–Crippen LogP) is 6.98. The normalized spacial score (nSPS) is 11.0. The van der Waals surface area contributed by atoms with Gasteiger partial charge < -0.3 is 9.84 Å². The van der Waals surface area contributed by atoms with E-state index in [2.05, 4.69) is 4.99 Å². The molecule has 3 aromatic carbocycles. The van der Waals surface area contributed by atoms with Crippen LogP contribution in [0.4, 0.5) is 5.69 Å². The highest BCUT2D eigenvalue weighted by molar-refractivity contribution is 6.37. The Morgan fingerprint density at radius 1 is 1.00 bits per heavy atom. The van der Waals surface area contributed by atoms with Gasteiger partial charge in [-0.25, -0.2) is 4.79 Å². The number of nitrogens with zero attached hydrogens (tertiary/aromatic N) is 1. The smallest absolute Gasteiger partial charge is 0.335 e. The minimum absolute atomic E-state index is 0.203. The van der Waals surface area contributed by atoms with Crippen molar-refractivity contribution in [2.24, 2.45) is 4.99 Å². The summed E-state index contributed by atoms with van der Waals surface area (Å²) in [6.07, 6.45) is 1.65. The second-order valence-corrected chi connectivity index (χ2v) is 7.52. The molecule has 0 heterocycles. The highest BCUT2D eigenvalue weighted by Gasteiger charge is 2.10. The number of benzene rings is 3. The van der Waals surface area contributed by atoms with Crippen molar-refractivity contribution in [2.45, 2.75) is 13.5 Å². The number of hydrogen-bond acceptors (Lipinski definition) is 3. The third-order valence-electron chi connectivity index (χ3n) is 4.12. The van der Waals surface area contributed by atoms with Gasteiger partial charge in [0.2, 0.25) is 0 Å². The van der Waals surface area contributed by atoms with E-state index < -0.39 is 5.97 Å². The van der Waals surface area contributed by atoms with Gasteiger partial charge in [0.05, 0.1) is 21.3 Å². The third kappa shape index (κ3) is 5.51. The van der Waals surface area contributed by atoms with E-state index in [9.17, 15) is 4.79 Å². The summed E-state index contributed by atoms with van der Waals surface area (Å²) in [7, 11) is 0. The Hall–Kier alpha value is -2.53. The Balaban J connectivity index is 1.72. The molecule has 0 unspecified atom stereocenters. The van der Waals surface area contributed by atoms with Gasteiger partial charge in [-0.15, -0.1) is 0 Å². The minimum atomic E-state index is -0.978. The van der Waals surface area contributed by atoms with Crippen molar-refractivity contribution in [1.29, 1.82) is 0 Å². The fourth-order valence-electron chi connectivity index (χ4n) is 2.50. The summed E-state index contributed by atoms with van der Waals surface area (Å²) in [5.41, 5.74) is 3.43. The van der Waals surface area contributed by atoms with E-state index in [1.807, 2.05) is 19.1 Å². The predicted molar refractivity (Wildman–Crippen MR) is 118 cm³/mol. The summed E-state index contributed by atoms with van der Waals surface area (Å²) in [6.45, 7) is 2.13. The highest BCUT2D eigenvalue weighted by atomic mass is 35.5. The lowest BCUT2D eigenvalue weighted by Gasteiger charge is -2.11. The molecule has 29 heavy (non-hydrogen) atoms. The standard InChI is InChI=1S/C22H16Cl3NO3/c1-13-2-7-17(10-18(13)23)26-11-15-8-19(24)21(20(25)9-15)29-12-14-3-5-16(6-4-14)22(27)28/h2-11H,12H2,1H3,(H,27,28). The topological polar surface area (TPSA) is 58.9 Å². The SMILES string of the molecule is Cc1ccc(N=Cc2cc(Cl)c(OCc3ccc(C(=O)O)cc3)c(Cl)c2)cc1Cl. The number of carbonyl (C=O) groups is 1. The molecular formula is C22H16Cl3NO3. The van der Waals surface area contributed by atoms with Crippen molar-refractivity contribution in [1.82, 2.24) is 0 Å². The monoisotopic (exact) mass is 447 g/mol. The van der Waals surface area contributed by atoms with E-state index in [0.717, 1.165) is 22.4 Å². The summed E-state index contributed by atoms with van der Waals surface area (Å²) in [5, 5.41) is 10.3. The number of halogens is 3. The number of carboxylic acid groups (broad SMARTS) is 1. The number of ether oxygens (including phenoxy) is 1. The maximum Gasteiger partial charge on any atom is 0.335 e. The molecule has 0 aliphatic heterocycles. The summed E-state index contributed by atoms with van der Waals surface area (Å²) in [6, 6.07) is 15.3. The van der Waals surface area contributed by atoms with Crippen LogP contribution in [0.2, 0.25) is 15.1 Å². The molecule has 0 saturated heterocycles. The Morgan fingerprint density at radius 2 is 1.66 bits per heavy atom. The molecule has 1 N–H and O–H groups in total. The molecule has 4 nitrogen and oxygen atoms in total. The van der Waals surface area contributed by atoms with Gasteiger partial charge in [0.25, 0.3) is 0 Å². The van der Waals surface area contributed by atoms with Gasteiger partial charge in [0.1, 0.15) is 6.61 Å². The Labute approximate surface area is 183 Å². The number of aliphatic imine (C=N–C) groups is 1. The molecule has 0 spiro atoms. The molecule has 0 aliphatic carbocycles. The second-order valence-electron chi connectivity index (χ2n) is 6.30. The Bertz CT molecular complexity index is 1060. The molecule has 0 bridgehead atoms. The minimum Gasteiger partial charge on any atom is -0.486 e. The quantitative estimate of drug-likeness (QED) is 0.414. The average molecular weight is 449 g/mol. The number of rotatable bonds is 6. The van der Waals surface area contributed by atoms with Crippen LogP contribution in [0, 0.1) is 6.92 Å².